The molecule has 0 bridgehead atoms. The highest BCUT2D eigenvalue weighted by Crippen LogP contribution is 2.08. The molecule has 0 saturated carbocycles. The molecule has 5 heteroatoms. The van der Waals surface area contributed by atoms with Crippen LogP contribution in [0.4, 0.5) is 0 Å². The van der Waals surface area contributed by atoms with Crippen LogP contribution in [0.2, 0.25) is 5.02 Å². The zero-order valence-electron chi connectivity index (χ0n) is 6.16. The molecule has 0 aliphatic carbocycles. The van der Waals surface area contributed by atoms with Gasteiger partial charge in [-0.25, -0.2) is 10.1 Å². The van der Waals surface area contributed by atoms with Crippen molar-refractivity contribution in [2.75, 3.05) is 0 Å². The van der Waals surface area contributed by atoms with Gasteiger partial charge in [0.15, 0.2) is 5.03 Å². The first kappa shape index (κ1) is 8.80. The summed E-state index contributed by atoms with van der Waals surface area (Å²) in [6, 6.07) is 6.86. The first-order valence-corrected chi connectivity index (χ1v) is 3.68. The van der Waals surface area contributed by atoms with Crippen LogP contribution in [0.1, 0.15) is 5.56 Å². The lowest BCUT2D eigenvalue weighted by atomic mass is 10.2. The van der Waals surface area contributed by atoms with Gasteiger partial charge >= 0.3 is 0 Å². The standard InChI is InChI=1S/C7H7ClN2O2/c8-7-3-1-6(2-4-7)5-9-10(11)12/h1-4,9H,5H2. The lowest BCUT2D eigenvalue weighted by molar-refractivity contribution is -0.546. The molecule has 12 heavy (non-hydrogen) atoms. The second kappa shape index (κ2) is 3.92. The summed E-state index contributed by atoms with van der Waals surface area (Å²) in [4.78, 5) is 9.91. The predicted molar refractivity (Wildman–Crippen MR) is 45.3 cm³/mol. The van der Waals surface area contributed by atoms with Crippen LogP contribution in [0.15, 0.2) is 24.3 Å². The van der Waals surface area contributed by atoms with Crippen molar-refractivity contribution in [1.29, 1.82) is 0 Å². The maximum atomic E-state index is 9.91. The van der Waals surface area contributed by atoms with E-state index in [4.69, 9.17) is 11.6 Å². The summed E-state index contributed by atoms with van der Waals surface area (Å²) in [6.45, 7) is 0.212. The lowest BCUT2D eigenvalue weighted by Crippen LogP contribution is -2.20. The zero-order valence-corrected chi connectivity index (χ0v) is 6.91. The molecule has 0 aromatic heterocycles. The first-order valence-electron chi connectivity index (χ1n) is 3.31. The number of hydrazine groups is 1. The summed E-state index contributed by atoms with van der Waals surface area (Å²) in [5, 5.41) is 9.96. The van der Waals surface area contributed by atoms with Gasteiger partial charge in [-0.1, -0.05) is 23.7 Å². The van der Waals surface area contributed by atoms with Gasteiger partial charge in [0.1, 0.15) is 6.54 Å². The van der Waals surface area contributed by atoms with Crippen LogP contribution in [-0.2, 0) is 6.54 Å². The average Bonchev–Trinajstić information content (AvgIpc) is 2.03. The number of nitrogens with zero attached hydrogens (tertiary/aromatic N) is 1. The van der Waals surface area contributed by atoms with Crippen LogP contribution >= 0.6 is 11.6 Å². The summed E-state index contributed by atoms with van der Waals surface area (Å²) in [7, 11) is 0. The van der Waals surface area contributed by atoms with Gasteiger partial charge in [0.05, 0.1) is 0 Å². The minimum Gasteiger partial charge on any atom is -0.235 e. The molecule has 0 unspecified atom stereocenters. The summed E-state index contributed by atoms with van der Waals surface area (Å²) < 4.78 is 0. The lowest BCUT2D eigenvalue weighted by Gasteiger charge is -1.97. The molecule has 1 rings (SSSR count). The topological polar surface area (TPSA) is 55.2 Å². The Morgan fingerprint density at radius 1 is 1.42 bits per heavy atom. The Labute approximate surface area is 74.3 Å². The van der Waals surface area contributed by atoms with E-state index >= 15 is 0 Å². The fourth-order valence-electron chi connectivity index (χ4n) is 0.758. The van der Waals surface area contributed by atoms with Crippen LogP contribution in [0.5, 0.6) is 0 Å². The molecule has 1 aromatic rings. The average molecular weight is 187 g/mol. The number of hydrogen-bond acceptors (Lipinski definition) is 2. The molecule has 0 heterocycles. The van der Waals surface area contributed by atoms with Crippen molar-refractivity contribution in [3.8, 4) is 0 Å². The zero-order chi connectivity index (χ0) is 8.97. The van der Waals surface area contributed by atoms with Crippen molar-refractivity contribution >= 4 is 11.6 Å². The number of nitrogens with one attached hydrogen (secondary N) is 1. The Balaban J connectivity index is 2.53. The van der Waals surface area contributed by atoms with Crippen LogP contribution in [0.25, 0.3) is 0 Å². The van der Waals surface area contributed by atoms with E-state index in [1.807, 2.05) is 0 Å². The Morgan fingerprint density at radius 3 is 2.50 bits per heavy atom. The van der Waals surface area contributed by atoms with Gasteiger partial charge < -0.3 is 0 Å². The maximum Gasteiger partial charge on any atom is 0.157 e. The van der Waals surface area contributed by atoms with E-state index in [1.54, 1.807) is 24.3 Å². The van der Waals surface area contributed by atoms with Gasteiger partial charge in [-0.2, -0.15) is 0 Å². The highest BCUT2D eigenvalue weighted by molar-refractivity contribution is 6.30. The monoisotopic (exact) mass is 186 g/mol. The molecule has 0 saturated heterocycles. The van der Waals surface area contributed by atoms with Gasteiger partial charge in [-0.15, -0.1) is 5.43 Å². The van der Waals surface area contributed by atoms with E-state index in [1.165, 1.54) is 0 Å². The molecule has 0 fully saturated rings. The Kier molecular flexibility index (Phi) is 2.88. The maximum absolute atomic E-state index is 9.91. The molecule has 1 N–H and O–H groups in total. The predicted octanol–water partition coefficient (Wildman–Crippen LogP) is 1.62. The second-order valence-corrected chi connectivity index (χ2v) is 2.65. The number of hydrogen-bond donors (Lipinski definition) is 1. The third-order valence-electron chi connectivity index (χ3n) is 1.33. The molecule has 0 atom stereocenters. The van der Waals surface area contributed by atoms with Gasteiger partial charge in [-0.05, 0) is 17.7 Å². The molecular weight excluding hydrogens is 180 g/mol. The van der Waals surface area contributed by atoms with E-state index < -0.39 is 5.03 Å². The van der Waals surface area contributed by atoms with Crippen LogP contribution in [0, 0.1) is 10.1 Å². The van der Waals surface area contributed by atoms with E-state index in [2.05, 4.69) is 5.43 Å². The van der Waals surface area contributed by atoms with Crippen molar-refractivity contribution in [2.24, 2.45) is 0 Å². The largest absolute Gasteiger partial charge is 0.235 e. The highest BCUT2D eigenvalue weighted by Gasteiger charge is 1.96. The third kappa shape index (κ3) is 2.75. The first-order chi connectivity index (χ1) is 5.68. The smallest absolute Gasteiger partial charge is 0.157 e. The summed E-state index contributed by atoms with van der Waals surface area (Å²) in [6.07, 6.45) is 0. The molecule has 4 nitrogen and oxygen atoms in total. The number of nitro groups is 1. The Hall–Kier alpha value is -1.29. The van der Waals surface area contributed by atoms with Crippen molar-refractivity contribution in [3.63, 3.8) is 0 Å². The SMILES string of the molecule is O=[N+]([O-])NCc1ccc(Cl)cc1. The van der Waals surface area contributed by atoms with Crippen LogP contribution < -0.4 is 5.43 Å². The molecule has 0 aliphatic heterocycles. The normalized spacial score (nSPS) is 9.42. The van der Waals surface area contributed by atoms with Crippen LogP contribution in [0.3, 0.4) is 0 Å². The molecule has 0 aliphatic rings. The number of rotatable bonds is 3. The van der Waals surface area contributed by atoms with Gasteiger partial charge in [-0.3, -0.25) is 0 Å². The minimum absolute atomic E-state index is 0.212. The van der Waals surface area contributed by atoms with Crippen molar-refractivity contribution in [1.82, 2.24) is 5.43 Å². The summed E-state index contributed by atoms with van der Waals surface area (Å²) in [5.74, 6) is 0. The van der Waals surface area contributed by atoms with E-state index in [9.17, 15) is 10.1 Å². The third-order valence-corrected chi connectivity index (χ3v) is 1.58. The quantitative estimate of drug-likeness (QED) is 0.577. The molecule has 0 amide bonds. The number of benzene rings is 1. The summed E-state index contributed by atoms with van der Waals surface area (Å²) in [5.41, 5.74) is 2.89. The highest BCUT2D eigenvalue weighted by atomic mass is 35.5. The Bertz CT molecular complexity index is 273. The number of halogens is 1. The van der Waals surface area contributed by atoms with Gasteiger partial charge in [0.25, 0.3) is 0 Å². The van der Waals surface area contributed by atoms with E-state index in [0.717, 1.165) is 5.56 Å². The van der Waals surface area contributed by atoms with Crippen LogP contribution in [-0.4, -0.2) is 5.03 Å². The Morgan fingerprint density at radius 2 is 2.00 bits per heavy atom. The molecular formula is C7H7ClN2O2. The van der Waals surface area contributed by atoms with E-state index in [-0.39, 0.29) is 6.54 Å². The summed E-state index contributed by atoms with van der Waals surface area (Å²) >= 11 is 5.62. The molecule has 0 spiro atoms. The van der Waals surface area contributed by atoms with Gasteiger partial charge in [0, 0.05) is 5.02 Å². The van der Waals surface area contributed by atoms with Crippen molar-refractivity contribution < 1.29 is 5.03 Å². The second-order valence-electron chi connectivity index (χ2n) is 2.22. The van der Waals surface area contributed by atoms with Crippen molar-refractivity contribution in [3.05, 3.63) is 45.0 Å². The minimum atomic E-state index is -0.575. The molecule has 0 radical (unpaired) electrons. The van der Waals surface area contributed by atoms with Gasteiger partial charge in [0.2, 0.25) is 0 Å². The fourth-order valence-corrected chi connectivity index (χ4v) is 0.884. The fraction of sp³-hybridized carbons (Fsp3) is 0.143. The molecule has 64 valence electrons. The molecule has 1 aromatic carbocycles. The van der Waals surface area contributed by atoms with Crippen molar-refractivity contribution in [2.45, 2.75) is 6.54 Å². The van der Waals surface area contributed by atoms with E-state index in [0.29, 0.717) is 5.02 Å².